The molecule has 2 rings (SSSR count). The highest BCUT2D eigenvalue weighted by Crippen LogP contribution is 2.38. The van der Waals surface area contributed by atoms with E-state index in [1.807, 2.05) is 19.1 Å². The summed E-state index contributed by atoms with van der Waals surface area (Å²) in [5, 5.41) is 12.2. The van der Waals surface area contributed by atoms with Gasteiger partial charge in [-0.2, -0.15) is 5.26 Å². The van der Waals surface area contributed by atoms with Crippen LogP contribution in [0.4, 0.5) is 5.69 Å². The van der Waals surface area contributed by atoms with Crippen LogP contribution < -0.4 is 24.3 Å². The minimum Gasteiger partial charge on any atom is -0.495 e. The van der Waals surface area contributed by atoms with Gasteiger partial charge in [-0.3, -0.25) is 4.79 Å². The lowest BCUT2D eigenvalue weighted by molar-refractivity contribution is -0.112. The van der Waals surface area contributed by atoms with Crippen molar-refractivity contribution >= 4 is 17.7 Å². The highest BCUT2D eigenvalue weighted by Gasteiger charge is 2.16. The zero-order chi connectivity index (χ0) is 20.7. The fourth-order valence-corrected chi connectivity index (χ4v) is 2.61. The number of hydrogen-bond donors (Lipinski definition) is 1. The Labute approximate surface area is 164 Å². The normalized spacial score (nSPS) is 10.6. The number of ether oxygens (including phenoxy) is 4. The van der Waals surface area contributed by atoms with E-state index in [1.54, 1.807) is 24.3 Å². The molecule has 0 bridgehead atoms. The van der Waals surface area contributed by atoms with Crippen molar-refractivity contribution in [1.29, 1.82) is 5.26 Å². The zero-order valence-corrected chi connectivity index (χ0v) is 16.5. The van der Waals surface area contributed by atoms with Crippen molar-refractivity contribution < 1.29 is 23.7 Å². The Bertz CT molecular complexity index is 919. The van der Waals surface area contributed by atoms with Gasteiger partial charge in [0.25, 0.3) is 5.91 Å². The molecular formula is C21H22N2O5. The van der Waals surface area contributed by atoms with Crippen LogP contribution in [0.15, 0.2) is 35.9 Å². The van der Waals surface area contributed by atoms with Crippen molar-refractivity contribution in [1.82, 2.24) is 0 Å². The number of carbonyl (C=O) groups is 1. The summed E-state index contributed by atoms with van der Waals surface area (Å²) >= 11 is 0. The molecule has 0 aliphatic heterocycles. The average molecular weight is 382 g/mol. The molecular weight excluding hydrogens is 360 g/mol. The van der Waals surface area contributed by atoms with E-state index in [-0.39, 0.29) is 5.57 Å². The van der Waals surface area contributed by atoms with Gasteiger partial charge in [0.05, 0.1) is 34.1 Å². The topological polar surface area (TPSA) is 89.8 Å². The molecule has 0 aliphatic carbocycles. The number of nitrogens with zero attached hydrogens (tertiary/aromatic N) is 1. The second kappa shape index (κ2) is 9.33. The maximum absolute atomic E-state index is 12.6. The molecule has 0 fully saturated rings. The van der Waals surface area contributed by atoms with E-state index in [4.69, 9.17) is 18.9 Å². The largest absolute Gasteiger partial charge is 0.495 e. The second-order valence-electron chi connectivity index (χ2n) is 5.79. The molecule has 0 radical (unpaired) electrons. The second-order valence-corrected chi connectivity index (χ2v) is 5.79. The van der Waals surface area contributed by atoms with Crippen LogP contribution in [-0.2, 0) is 4.79 Å². The number of nitriles is 1. The first kappa shape index (κ1) is 20.6. The van der Waals surface area contributed by atoms with E-state index in [0.717, 1.165) is 5.56 Å². The maximum Gasteiger partial charge on any atom is 0.266 e. The van der Waals surface area contributed by atoms with Gasteiger partial charge in [0.15, 0.2) is 11.5 Å². The number of methoxy groups -OCH3 is 4. The van der Waals surface area contributed by atoms with Gasteiger partial charge < -0.3 is 24.3 Å². The number of benzene rings is 2. The first-order valence-corrected chi connectivity index (χ1v) is 8.35. The Kier molecular flexibility index (Phi) is 6.88. The highest BCUT2D eigenvalue weighted by atomic mass is 16.5. The third-order valence-electron chi connectivity index (χ3n) is 3.97. The molecule has 0 aromatic heterocycles. The number of carbonyl (C=O) groups excluding carboxylic acids is 1. The summed E-state index contributed by atoms with van der Waals surface area (Å²) in [6, 6.07) is 10.6. The van der Waals surface area contributed by atoms with Crippen molar-refractivity contribution in [3.05, 3.63) is 47.0 Å². The Morgan fingerprint density at radius 1 is 0.964 bits per heavy atom. The van der Waals surface area contributed by atoms with E-state index in [1.165, 1.54) is 34.5 Å². The monoisotopic (exact) mass is 382 g/mol. The molecule has 1 N–H and O–H groups in total. The maximum atomic E-state index is 12.6. The fraction of sp³-hybridized carbons (Fsp3) is 0.238. The van der Waals surface area contributed by atoms with Gasteiger partial charge >= 0.3 is 0 Å². The number of aryl methyl sites for hydroxylation is 1. The summed E-state index contributed by atoms with van der Waals surface area (Å²) in [6.07, 6.45) is 1.45. The predicted octanol–water partition coefficient (Wildman–Crippen LogP) is 3.58. The molecule has 0 heterocycles. The molecule has 0 aliphatic rings. The van der Waals surface area contributed by atoms with Crippen LogP contribution in [0.5, 0.6) is 23.0 Å². The van der Waals surface area contributed by atoms with Crippen molar-refractivity contribution in [2.24, 2.45) is 0 Å². The van der Waals surface area contributed by atoms with Gasteiger partial charge in [0, 0.05) is 0 Å². The zero-order valence-electron chi connectivity index (χ0n) is 16.5. The number of amides is 1. The van der Waals surface area contributed by atoms with E-state index >= 15 is 0 Å². The average Bonchev–Trinajstić information content (AvgIpc) is 2.71. The smallest absolute Gasteiger partial charge is 0.266 e. The van der Waals surface area contributed by atoms with Crippen LogP contribution >= 0.6 is 0 Å². The van der Waals surface area contributed by atoms with E-state index in [9.17, 15) is 10.1 Å². The molecule has 0 unspecified atom stereocenters. The van der Waals surface area contributed by atoms with Crippen molar-refractivity contribution in [3.63, 3.8) is 0 Å². The summed E-state index contributed by atoms with van der Waals surface area (Å²) in [6.45, 7) is 1.89. The Balaban J connectivity index is 2.40. The van der Waals surface area contributed by atoms with E-state index < -0.39 is 5.91 Å². The summed E-state index contributed by atoms with van der Waals surface area (Å²) in [5.74, 6) is 1.22. The molecule has 0 atom stereocenters. The minimum atomic E-state index is -0.555. The third kappa shape index (κ3) is 4.54. The molecule has 146 valence electrons. The number of hydrogen-bond acceptors (Lipinski definition) is 6. The van der Waals surface area contributed by atoms with E-state index in [2.05, 4.69) is 5.32 Å². The SMILES string of the molecule is COc1ccc(C)cc1NC(=O)/C(C#N)=C/c1cc(OC)c(OC)c(OC)c1. The Morgan fingerprint density at radius 3 is 2.07 bits per heavy atom. The Morgan fingerprint density at radius 2 is 1.57 bits per heavy atom. The molecule has 7 heteroatoms. The van der Waals surface area contributed by atoms with Crippen LogP contribution in [0.25, 0.3) is 6.08 Å². The lowest BCUT2D eigenvalue weighted by Gasteiger charge is -2.13. The summed E-state index contributed by atoms with van der Waals surface area (Å²) in [5.41, 5.74) is 1.90. The van der Waals surface area contributed by atoms with Gasteiger partial charge in [-0.05, 0) is 48.4 Å². The lowest BCUT2D eigenvalue weighted by atomic mass is 10.1. The molecule has 0 saturated carbocycles. The number of rotatable bonds is 7. The van der Waals surface area contributed by atoms with Crippen LogP contribution in [0.3, 0.4) is 0 Å². The lowest BCUT2D eigenvalue weighted by Crippen LogP contribution is -2.14. The summed E-state index contributed by atoms with van der Waals surface area (Å²) in [7, 11) is 6.00. The van der Waals surface area contributed by atoms with Crippen LogP contribution in [-0.4, -0.2) is 34.3 Å². The summed E-state index contributed by atoms with van der Waals surface area (Å²) < 4.78 is 21.1. The quantitative estimate of drug-likeness (QED) is 0.582. The standard InChI is InChI=1S/C21H22N2O5/c1-13-6-7-17(25-2)16(8-13)23-21(24)15(12-22)9-14-10-18(26-3)20(28-5)19(11-14)27-4/h6-11H,1-5H3,(H,23,24)/b15-9+. The number of anilines is 1. The van der Waals surface area contributed by atoms with Crippen LogP contribution in [0.1, 0.15) is 11.1 Å². The molecule has 28 heavy (non-hydrogen) atoms. The van der Waals surface area contributed by atoms with Crippen molar-refractivity contribution in [2.75, 3.05) is 33.8 Å². The predicted molar refractivity (Wildman–Crippen MR) is 106 cm³/mol. The molecule has 0 spiro atoms. The van der Waals surface area contributed by atoms with Gasteiger partial charge in [-0.1, -0.05) is 6.07 Å². The first-order chi connectivity index (χ1) is 13.5. The van der Waals surface area contributed by atoms with Gasteiger partial charge in [-0.25, -0.2) is 0 Å². The Hall–Kier alpha value is -3.66. The van der Waals surface area contributed by atoms with Crippen LogP contribution in [0, 0.1) is 18.3 Å². The van der Waals surface area contributed by atoms with Crippen molar-refractivity contribution in [3.8, 4) is 29.1 Å². The van der Waals surface area contributed by atoms with Gasteiger partial charge in [-0.15, -0.1) is 0 Å². The van der Waals surface area contributed by atoms with Crippen molar-refractivity contribution in [2.45, 2.75) is 6.92 Å². The van der Waals surface area contributed by atoms with Gasteiger partial charge in [0.1, 0.15) is 17.4 Å². The highest BCUT2D eigenvalue weighted by molar-refractivity contribution is 6.10. The first-order valence-electron chi connectivity index (χ1n) is 8.35. The summed E-state index contributed by atoms with van der Waals surface area (Å²) in [4.78, 5) is 12.6. The molecule has 7 nitrogen and oxygen atoms in total. The minimum absolute atomic E-state index is 0.0853. The van der Waals surface area contributed by atoms with Gasteiger partial charge in [0.2, 0.25) is 5.75 Å². The van der Waals surface area contributed by atoms with E-state index in [0.29, 0.717) is 34.2 Å². The molecule has 0 saturated heterocycles. The molecule has 2 aromatic carbocycles. The third-order valence-corrected chi connectivity index (χ3v) is 3.97. The number of nitrogens with one attached hydrogen (secondary N) is 1. The fourth-order valence-electron chi connectivity index (χ4n) is 2.61. The molecule has 2 aromatic rings. The molecule has 1 amide bonds. The van der Waals surface area contributed by atoms with Crippen LogP contribution in [0.2, 0.25) is 0 Å².